The molecule has 1 aromatic carbocycles. The fourth-order valence-corrected chi connectivity index (χ4v) is 8.95. The van der Waals surface area contributed by atoms with Gasteiger partial charge >= 0.3 is 5.97 Å². The predicted molar refractivity (Wildman–Crippen MR) is 175 cm³/mol. The number of likely N-dealkylation sites (tertiary alicyclic amines) is 1. The number of hydrogen-bond donors (Lipinski definition) is 0. The minimum Gasteiger partial charge on any atom is -0.459 e. The normalized spacial score (nSPS) is 29.7. The summed E-state index contributed by atoms with van der Waals surface area (Å²) in [6.07, 6.45) is 17.5. The molecule has 3 aliphatic carbocycles. The zero-order valence-corrected chi connectivity index (χ0v) is 27.6. The molecule has 8 nitrogen and oxygen atoms in total. The van der Waals surface area contributed by atoms with E-state index in [0.29, 0.717) is 18.8 Å². The fraction of sp³-hybridized carbons (Fsp3) is 0.730. The Morgan fingerprint density at radius 1 is 0.911 bits per heavy atom. The number of carbonyl (C=O) groups excluding carboxylic acids is 3. The van der Waals surface area contributed by atoms with Crippen molar-refractivity contribution in [1.29, 1.82) is 0 Å². The SMILES string of the molecule is CCCC1C(=O)N(C2CCCCC2)C(=NC2CCCCC2)N1[C@@H](C)C(=O)N1[C@H](C(=O)OCc2ccccc2)C[C@@H]2CCCC[C@@H]21. The molecular weight excluding hydrogens is 564 g/mol. The lowest BCUT2D eigenvalue weighted by molar-refractivity contribution is -0.157. The Labute approximate surface area is 269 Å². The summed E-state index contributed by atoms with van der Waals surface area (Å²) in [5, 5.41) is 0. The number of carbonyl (C=O) groups is 3. The Morgan fingerprint density at radius 2 is 1.58 bits per heavy atom. The molecule has 0 aromatic heterocycles. The molecule has 0 bridgehead atoms. The van der Waals surface area contributed by atoms with Crippen LogP contribution < -0.4 is 0 Å². The molecule has 1 aromatic rings. The predicted octanol–water partition coefficient (Wildman–Crippen LogP) is 6.61. The van der Waals surface area contributed by atoms with Crippen molar-refractivity contribution in [3.05, 3.63) is 35.9 Å². The third-order valence-electron chi connectivity index (χ3n) is 11.3. The molecule has 45 heavy (non-hydrogen) atoms. The molecule has 0 N–H and O–H groups in total. The molecular formula is C37H54N4O4. The van der Waals surface area contributed by atoms with E-state index < -0.39 is 18.1 Å². The molecule has 1 unspecified atom stereocenters. The third kappa shape index (κ3) is 6.80. The molecule has 5 atom stereocenters. The van der Waals surface area contributed by atoms with Gasteiger partial charge in [0.05, 0.1) is 6.04 Å². The van der Waals surface area contributed by atoms with Crippen molar-refractivity contribution in [3.63, 3.8) is 0 Å². The van der Waals surface area contributed by atoms with Gasteiger partial charge in [-0.05, 0) is 69.8 Å². The molecule has 2 amide bonds. The van der Waals surface area contributed by atoms with Gasteiger partial charge in [0.25, 0.3) is 5.91 Å². The number of rotatable bonds is 9. The summed E-state index contributed by atoms with van der Waals surface area (Å²) < 4.78 is 5.87. The highest BCUT2D eigenvalue weighted by Gasteiger charge is 2.54. The minimum absolute atomic E-state index is 0.0408. The summed E-state index contributed by atoms with van der Waals surface area (Å²) in [6, 6.07) is 8.54. The van der Waals surface area contributed by atoms with Gasteiger partial charge in [-0.25, -0.2) is 9.79 Å². The van der Waals surface area contributed by atoms with Crippen LogP contribution in [0.1, 0.15) is 129 Å². The second-order valence-electron chi connectivity index (χ2n) is 14.3. The van der Waals surface area contributed by atoms with E-state index in [1.165, 1.54) is 12.8 Å². The van der Waals surface area contributed by atoms with Gasteiger partial charge in [0.1, 0.15) is 24.7 Å². The molecule has 6 rings (SSSR count). The summed E-state index contributed by atoms with van der Waals surface area (Å²) in [7, 11) is 0. The van der Waals surface area contributed by atoms with Crippen LogP contribution in [0, 0.1) is 5.92 Å². The van der Waals surface area contributed by atoms with Crippen molar-refractivity contribution >= 4 is 23.7 Å². The third-order valence-corrected chi connectivity index (χ3v) is 11.3. The number of ether oxygens (including phenoxy) is 1. The molecule has 2 heterocycles. The van der Waals surface area contributed by atoms with E-state index in [-0.39, 0.29) is 42.5 Å². The second-order valence-corrected chi connectivity index (χ2v) is 14.3. The fourth-order valence-electron chi connectivity index (χ4n) is 8.95. The molecule has 5 fully saturated rings. The van der Waals surface area contributed by atoms with E-state index in [0.717, 1.165) is 95.0 Å². The van der Waals surface area contributed by atoms with Crippen molar-refractivity contribution in [3.8, 4) is 0 Å². The molecule has 0 radical (unpaired) electrons. The highest BCUT2D eigenvalue weighted by atomic mass is 16.5. The Kier molecular flexibility index (Phi) is 10.5. The van der Waals surface area contributed by atoms with E-state index in [9.17, 15) is 14.4 Å². The topological polar surface area (TPSA) is 82.5 Å². The van der Waals surface area contributed by atoms with Gasteiger partial charge in [-0.3, -0.25) is 14.5 Å². The number of amides is 2. The Bertz CT molecular complexity index is 1210. The van der Waals surface area contributed by atoms with Crippen LogP contribution in [-0.2, 0) is 25.7 Å². The average molecular weight is 619 g/mol. The maximum absolute atomic E-state index is 14.8. The number of aliphatic imine (C=N–C) groups is 1. The molecule has 246 valence electrons. The van der Waals surface area contributed by atoms with Crippen LogP contribution in [-0.4, -0.2) is 74.7 Å². The van der Waals surface area contributed by atoms with E-state index >= 15 is 0 Å². The lowest BCUT2D eigenvalue weighted by Gasteiger charge is -2.39. The van der Waals surface area contributed by atoms with Crippen LogP contribution in [0.25, 0.3) is 0 Å². The number of fused-ring (bicyclic) bond motifs is 1. The molecule has 5 aliphatic rings. The van der Waals surface area contributed by atoms with Gasteiger partial charge in [0, 0.05) is 12.1 Å². The van der Waals surface area contributed by atoms with Crippen LogP contribution in [0.5, 0.6) is 0 Å². The van der Waals surface area contributed by atoms with Crippen molar-refractivity contribution in [2.45, 2.75) is 166 Å². The monoisotopic (exact) mass is 618 g/mol. The van der Waals surface area contributed by atoms with Crippen molar-refractivity contribution in [2.24, 2.45) is 10.9 Å². The largest absolute Gasteiger partial charge is 0.459 e. The van der Waals surface area contributed by atoms with Crippen LogP contribution in [0.2, 0.25) is 0 Å². The Morgan fingerprint density at radius 3 is 2.29 bits per heavy atom. The molecule has 2 saturated heterocycles. The van der Waals surface area contributed by atoms with Crippen molar-refractivity contribution < 1.29 is 19.1 Å². The summed E-state index contributed by atoms with van der Waals surface area (Å²) >= 11 is 0. The number of nitrogens with zero attached hydrogens (tertiary/aromatic N) is 4. The van der Waals surface area contributed by atoms with Gasteiger partial charge in [-0.2, -0.15) is 0 Å². The Hall–Kier alpha value is -2.90. The first-order chi connectivity index (χ1) is 22.0. The first-order valence-corrected chi connectivity index (χ1v) is 18.2. The minimum atomic E-state index is -0.591. The lowest BCUT2D eigenvalue weighted by Crippen LogP contribution is -2.56. The maximum atomic E-state index is 14.8. The van der Waals surface area contributed by atoms with Gasteiger partial charge in [-0.15, -0.1) is 0 Å². The average Bonchev–Trinajstić information content (AvgIpc) is 3.59. The Balaban J connectivity index is 1.31. The summed E-state index contributed by atoms with van der Waals surface area (Å²) in [4.78, 5) is 54.3. The molecule has 2 aliphatic heterocycles. The lowest BCUT2D eigenvalue weighted by atomic mass is 9.84. The standard InChI is InChI=1S/C37H54N4O4/c1-3-15-32-35(43)40(30-21-11-6-12-22-30)37(38-29-19-9-5-10-20-29)39(32)26(2)34(42)41-31-23-14-13-18-28(31)24-33(41)36(44)45-25-27-16-7-4-8-17-27/h4,7-8,16-17,26,28-33H,3,5-6,9-15,18-25H2,1-2H3/t26-,28-,31-,32?,33-/m0/s1. The molecule has 8 heteroatoms. The van der Waals surface area contributed by atoms with E-state index in [4.69, 9.17) is 9.73 Å². The van der Waals surface area contributed by atoms with Crippen LogP contribution in [0.3, 0.4) is 0 Å². The van der Waals surface area contributed by atoms with E-state index in [1.807, 2.05) is 47.1 Å². The number of esters is 1. The molecule has 0 spiro atoms. The number of hydrogen-bond acceptors (Lipinski definition) is 5. The second kappa shape index (κ2) is 14.7. The van der Waals surface area contributed by atoms with Crippen molar-refractivity contribution in [2.75, 3.05) is 0 Å². The van der Waals surface area contributed by atoms with Crippen LogP contribution in [0.15, 0.2) is 35.3 Å². The number of guanidine groups is 1. The smallest absolute Gasteiger partial charge is 0.329 e. The van der Waals surface area contributed by atoms with Gasteiger partial charge in [-0.1, -0.05) is 95.0 Å². The zero-order chi connectivity index (χ0) is 31.3. The highest BCUT2D eigenvalue weighted by molar-refractivity contribution is 6.08. The summed E-state index contributed by atoms with van der Waals surface area (Å²) in [6.45, 7) is 4.28. The van der Waals surface area contributed by atoms with Crippen molar-refractivity contribution in [1.82, 2.24) is 14.7 Å². The van der Waals surface area contributed by atoms with E-state index in [1.54, 1.807) is 0 Å². The highest BCUT2D eigenvalue weighted by Crippen LogP contribution is 2.42. The summed E-state index contributed by atoms with van der Waals surface area (Å²) in [5.74, 6) is 0.803. The zero-order valence-electron chi connectivity index (χ0n) is 27.6. The van der Waals surface area contributed by atoms with Crippen LogP contribution in [0.4, 0.5) is 0 Å². The van der Waals surface area contributed by atoms with Crippen LogP contribution >= 0.6 is 0 Å². The first kappa shape index (κ1) is 32.1. The maximum Gasteiger partial charge on any atom is 0.329 e. The molecule has 3 saturated carbocycles. The number of benzene rings is 1. The van der Waals surface area contributed by atoms with Gasteiger partial charge in [0.15, 0.2) is 0 Å². The summed E-state index contributed by atoms with van der Waals surface area (Å²) in [5.41, 5.74) is 0.942. The van der Waals surface area contributed by atoms with E-state index in [2.05, 4.69) is 11.8 Å². The van der Waals surface area contributed by atoms with Gasteiger partial charge in [0.2, 0.25) is 11.9 Å². The van der Waals surface area contributed by atoms with Gasteiger partial charge < -0.3 is 14.5 Å². The quantitative estimate of drug-likeness (QED) is 0.291. The first-order valence-electron chi connectivity index (χ1n) is 18.2.